The first kappa shape index (κ1) is 13.4. The van der Waals surface area contributed by atoms with E-state index in [1.165, 1.54) is 6.20 Å². The first-order chi connectivity index (χ1) is 9.97. The van der Waals surface area contributed by atoms with E-state index in [0.717, 1.165) is 11.8 Å². The van der Waals surface area contributed by atoms with E-state index in [1.54, 1.807) is 30.5 Å². The number of hydrogen-bond acceptors (Lipinski definition) is 6. The van der Waals surface area contributed by atoms with Crippen LogP contribution in [0.3, 0.4) is 0 Å². The number of sulfone groups is 1. The number of carbonyl (C=O) groups excluding carboxylic acids is 1. The number of oxazole rings is 1. The monoisotopic (exact) mass is 302 g/mol. The first-order valence-electron chi connectivity index (χ1n) is 5.98. The van der Waals surface area contributed by atoms with E-state index in [1.807, 2.05) is 0 Å². The van der Waals surface area contributed by atoms with Gasteiger partial charge in [0.05, 0.1) is 4.90 Å². The van der Waals surface area contributed by atoms with Gasteiger partial charge in [0, 0.05) is 24.2 Å². The van der Waals surface area contributed by atoms with Crippen LogP contribution in [0.5, 0.6) is 0 Å². The summed E-state index contributed by atoms with van der Waals surface area (Å²) in [5.74, 6) is 0.00478. The lowest BCUT2D eigenvalue weighted by molar-refractivity contribution is 0.109. The van der Waals surface area contributed by atoms with Gasteiger partial charge in [-0.25, -0.2) is 13.4 Å². The lowest BCUT2D eigenvalue weighted by atomic mass is 10.1. The molecule has 0 unspecified atom stereocenters. The van der Waals surface area contributed by atoms with E-state index in [4.69, 9.17) is 4.42 Å². The smallest absolute Gasteiger partial charge is 0.260 e. The molecule has 0 aliphatic rings. The van der Waals surface area contributed by atoms with Crippen molar-refractivity contribution < 1.29 is 17.6 Å². The fraction of sp³-hybridized carbons (Fsp3) is 0.0714. The van der Waals surface area contributed by atoms with Crippen molar-refractivity contribution in [1.82, 2.24) is 9.97 Å². The molecule has 0 saturated heterocycles. The molecule has 0 radical (unpaired) electrons. The van der Waals surface area contributed by atoms with Crippen molar-refractivity contribution in [3.63, 3.8) is 0 Å². The van der Waals surface area contributed by atoms with Crippen molar-refractivity contribution in [1.29, 1.82) is 0 Å². The SMILES string of the molecule is CS(=O)(=O)c1cncc(-c2ccc3nc(C=O)oc3c2)c1. The maximum Gasteiger partial charge on any atom is 0.260 e. The Balaban J connectivity index is 2.14. The van der Waals surface area contributed by atoms with Crippen LogP contribution in [0.4, 0.5) is 0 Å². The van der Waals surface area contributed by atoms with Gasteiger partial charge in [0.1, 0.15) is 5.52 Å². The van der Waals surface area contributed by atoms with Gasteiger partial charge in [0.2, 0.25) is 6.29 Å². The van der Waals surface area contributed by atoms with Crippen LogP contribution < -0.4 is 0 Å². The summed E-state index contributed by atoms with van der Waals surface area (Å²) in [5.41, 5.74) is 2.39. The Bertz CT molecular complexity index is 945. The summed E-state index contributed by atoms with van der Waals surface area (Å²) in [7, 11) is -3.32. The molecule has 0 aliphatic carbocycles. The van der Waals surface area contributed by atoms with Crippen LogP contribution in [0.1, 0.15) is 10.7 Å². The molecular formula is C14H10N2O4S. The van der Waals surface area contributed by atoms with Crippen molar-refractivity contribution in [3.05, 3.63) is 42.5 Å². The summed E-state index contributed by atoms with van der Waals surface area (Å²) in [6, 6.07) is 6.70. The molecule has 0 atom stereocenters. The number of aromatic nitrogens is 2. The highest BCUT2D eigenvalue weighted by molar-refractivity contribution is 7.90. The van der Waals surface area contributed by atoms with E-state index in [-0.39, 0.29) is 10.8 Å². The standard InChI is InChI=1S/C14H10N2O4S/c1-21(18,19)11-4-10(6-15-7-11)9-2-3-12-13(5-9)20-14(8-17)16-12/h2-8H,1H3. The van der Waals surface area contributed by atoms with Crippen LogP contribution in [0.25, 0.3) is 22.2 Å². The molecule has 0 N–H and O–H groups in total. The van der Waals surface area contributed by atoms with Crippen LogP contribution in [0, 0.1) is 0 Å². The third-order valence-corrected chi connectivity index (χ3v) is 4.06. The van der Waals surface area contributed by atoms with Gasteiger partial charge in [0.15, 0.2) is 15.4 Å². The van der Waals surface area contributed by atoms with Crippen molar-refractivity contribution >= 4 is 27.2 Å². The minimum atomic E-state index is -3.32. The van der Waals surface area contributed by atoms with E-state index in [9.17, 15) is 13.2 Å². The number of nitrogens with zero attached hydrogens (tertiary/aromatic N) is 2. The van der Waals surface area contributed by atoms with E-state index in [0.29, 0.717) is 22.9 Å². The lowest BCUT2D eigenvalue weighted by Gasteiger charge is -2.03. The van der Waals surface area contributed by atoms with Crippen LogP contribution >= 0.6 is 0 Å². The molecular weight excluding hydrogens is 292 g/mol. The van der Waals surface area contributed by atoms with Crippen LogP contribution in [0.15, 0.2) is 46.0 Å². The molecule has 0 aliphatic heterocycles. The van der Waals surface area contributed by atoms with Gasteiger partial charge in [-0.1, -0.05) is 6.07 Å². The Morgan fingerprint density at radius 3 is 2.67 bits per heavy atom. The Labute approximate surface area is 120 Å². The number of fused-ring (bicyclic) bond motifs is 1. The maximum absolute atomic E-state index is 11.6. The summed E-state index contributed by atoms with van der Waals surface area (Å²) in [6.07, 6.45) is 4.53. The average molecular weight is 302 g/mol. The molecule has 106 valence electrons. The fourth-order valence-electron chi connectivity index (χ4n) is 1.95. The zero-order valence-corrected chi connectivity index (χ0v) is 11.8. The molecule has 0 spiro atoms. The van der Waals surface area contributed by atoms with Crippen molar-refractivity contribution in [2.45, 2.75) is 4.90 Å². The quantitative estimate of drug-likeness (QED) is 0.688. The third-order valence-electron chi connectivity index (χ3n) is 2.98. The molecule has 2 heterocycles. The molecule has 2 aromatic heterocycles. The van der Waals surface area contributed by atoms with E-state index in [2.05, 4.69) is 9.97 Å². The summed E-state index contributed by atoms with van der Waals surface area (Å²) < 4.78 is 28.4. The zero-order chi connectivity index (χ0) is 15.0. The van der Waals surface area contributed by atoms with Gasteiger partial charge >= 0.3 is 0 Å². The highest BCUT2D eigenvalue weighted by atomic mass is 32.2. The molecule has 0 bridgehead atoms. The Morgan fingerprint density at radius 1 is 1.14 bits per heavy atom. The number of carbonyl (C=O) groups is 1. The number of aldehydes is 1. The highest BCUT2D eigenvalue weighted by Gasteiger charge is 2.11. The Hall–Kier alpha value is -2.54. The fourth-order valence-corrected chi connectivity index (χ4v) is 2.55. The second kappa shape index (κ2) is 4.78. The van der Waals surface area contributed by atoms with Gasteiger partial charge in [0.25, 0.3) is 5.89 Å². The van der Waals surface area contributed by atoms with Crippen LogP contribution in [-0.2, 0) is 9.84 Å². The van der Waals surface area contributed by atoms with Crippen molar-refractivity contribution in [2.75, 3.05) is 6.26 Å². The zero-order valence-electron chi connectivity index (χ0n) is 11.0. The molecule has 21 heavy (non-hydrogen) atoms. The minimum Gasteiger partial charge on any atom is -0.434 e. The number of hydrogen-bond donors (Lipinski definition) is 0. The van der Waals surface area contributed by atoms with Gasteiger partial charge in [-0.05, 0) is 23.8 Å². The Morgan fingerprint density at radius 2 is 1.95 bits per heavy atom. The lowest BCUT2D eigenvalue weighted by Crippen LogP contribution is -1.98. The predicted octanol–water partition coefficient (Wildman–Crippen LogP) is 2.11. The molecule has 3 aromatic rings. The molecule has 6 nitrogen and oxygen atoms in total. The largest absolute Gasteiger partial charge is 0.434 e. The summed E-state index contributed by atoms with van der Waals surface area (Å²) in [6.45, 7) is 0. The van der Waals surface area contributed by atoms with Crippen LogP contribution in [0.2, 0.25) is 0 Å². The van der Waals surface area contributed by atoms with Crippen molar-refractivity contribution in [3.8, 4) is 11.1 Å². The molecule has 0 fully saturated rings. The first-order valence-corrected chi connectivity index (χ1v) is 7.88. The van der Waals surface area contributed by atoms with Gasteiger partial charge in [-0.15, -0.1) is 0 Å². The summed E-state index contributed by atoms with van der Waals surface area (Å²) >= 11 is 0. The topological polar surface area (TPSA) is 90.1 Å². The molecule has 0 saturated carbocycles. The summed E-state index contributed by atoms with van der Waals surface area (Å²) in [4.78, 5) is 18.7. The molecule has 7 heteroatoms. The number of pyridine rings is 1. The Kier molecular flexibility index (Phi) is 3.06. The molecule has 1 aromatic carbocycles. The predicted molar refractivity (Wildman–Crippen MR) is 75.7 cm³/mol. The third kappa shape index (κ3) is 2.55. The van der Waals surface area contributed by atoms with E-state index >= 15 is 0 Å². The minimum absolute atomic E-state index is 0.00478. The average Bonchev–Trinajstić information content (AvgIpc) is 2.88. The number of rotatable bonds is 3. The normalized spacial score (nSPS) is 11.7. The number of benzene rings is 1. The second-order valence-electron chi connectivity index (χ2n) is 4.53. The van der Waals surface area contributed by atoms with Crippen LogP contribution in [-0.4, -0.2) is 30.9 Å². The van der Waals surface area contributed by atoms with Gasteiger partial charge in [-0.2, -0.15) is 0 Å². The van der Waals surface area contributed by atoms with Crippen molar-refractivity contribution in [2.24, 2.45) is 0 Å². The van der Waals surface area contributed by atoms with Gasteiger partial charge in [-0.3, -0.25) is 9.78 Å². The highest BCUT2D eigenvalue weighted by Crippen LogP contribution is 2.25. The van der Waals surface area contributed by atoms with Gasteiger partial charge < -0.3 is 4.42 Å². The molecule has 3 rings (SSSR count). The maximum atomic E-state index is 11.6. The molecule has 0 amide bonds. The van der Waals surface area contributed by atoms with E-state index < -0.39 is 9.84 Å². The summed E-state index contributed by atoms with van der Waals surface area (Å²) in [5, 5.41) is 0. The second-order valence-corrected chi connectivity index (χ2v) is 6.55.